The Labute approximate surface area is 95.9 Å². The fraction of sp³-hybridized carbons (Fsp3) is 0. The van der Waals surface area contributed by atoms with Gasteiger partial charge >= 0.3 is 0 Å². The SMILES string of the molecule is C(=Cc1nn2cnnc2s1)c1ccccc1. The number of hydrogen-bond donors (Lipinski definition) is 0. The van der Waals surface area contributed by atoms with Crippen LogP contribution in [0, 0.1) is 0 Å². The maximum Gasteiger partial charge on any atom is 0.234 e. The standard InChI is InChI=1S/C11H8N4S/c1-2-4-9(5-3-1)6-7-10-14-15-8-12-13-11(15)16-10/h1-8H. The molecule has 0 aliphatic rings. The molecule has 3 aromatic rings. The van der Waals surface area contributed by atoms with Gasteiger partial charge in [0.1, 0.15) is 11.3 Å². The number of hydrogen-bond acceptors (Lipinski definition) is 4. The average molecular weight is 228 g/mol. The quantitative estimate of drug-likeness (QED) is 0.676. The van der Waals surface area contributed by atoms with Gasteiger partial charge in [0.2, 0.25) is 4.96 Å². The molecule has 0 aliphatic carbocycles. The van der Waals surface area contributed by atoms with Crippen LogP contribution in [0.2, 0.25) is 0 Å². The third kappa shape index (κ3) is 1.72. The van der Waals surface area contributed by atoms with E-state index in [4.69, 9.17) is 0 Å². The van der Waals surface area contributed by atoms with Crippen LogP contribution in [0.25, 0.3) is 17.1 Å². The minimum Gasteiger partial charge on any atom is -0.190 e. The molecule has 0 atom stereocenters. The highest BCUT2D eigenvalue weighted by atomic mass is 32.1. The highest BCUT2D eigenvalue weighted by Gasteiger charge is 2.01. The van der Waals surface area contributed by atoms with Crippen molar-refractivity contribution in [2.75, 3.05) is 0 Å². The van der Waals surface area contributed by atoms with E-state index in [0.717, 1.165) is 15.5 Å². The molecule has 0 saturated heterocycles. The van der Waals surface area contributed by atoms with E-state index < -0.39 is 0 Å². The maximum absolute atomic E-state index is 4.31. The van der Waals surface area contributed by atoms with E-state index in [1.54, 1.807) is 10.8 Å². The van der Waals surface area contributed by atoms with E-state index in [2.05, 4.69) is 27.4 Å². The van der Waals surface area contributed by atoms with Gasteiger partial charge in [0.05, 0.1) is 0 Å². The molecule has 2 aromatic heterocycles. The lowest BCUT2D eigenvalue weighted by molar-refractivity contribution is 0.949. The Hall–Kier alpha value is -2.01. The predicted molar refractivity (Wildman–Crippen MR) is 64.0 cm³/mol. The second-order valence-corrected chi connectivity index (χ2v) is 4.23. The summed E-state index contributed by atoms with van der Waals surface area (Å²) < 4.78 is 1.68. The van der Waals surface area contributed by atoms with Gasteiger partial charge in [0.25, 0.3) is 0 Å². The van der Waals surface area contributed by atoms with Gasteiger partial charge in [-0.15, -0.1) is 10.2 Å². The van der Waals surface area contributed by atoms with E-state index in [9.17, 15) is 0 Å². The highest BCUT2D eigenvalue weighted by Crippen LogP contribution is 2.14. The first-order chi connectivity index (χ1) is 7.92. The summed E-state index contributed by atoms with van der Waals surface area (Å²) in [4.78, 5) is 0.813. The van der Waals surface area contributed by atoms with E-state index in [0.29, 0.717) is 0 Å². The second kappa shape index (κ2) is 3.86. The van der Waals surface area contributed by atoms with Crippen molar-refractivity contribution in [2.24, 2.45) is 0 Å². The summed E-state index contributed by atoms with van der Waals surface area (Å²) in [6.45, 7) is 0. The molecule has 0 aliphatic heterocycles. The number of fused-ring (bicyclic) bond motifs is 1. The molecule has 0 amide bonds. The molecule has 0 fully saturated rings. The Kier molecular flexibility index (Phi) is 2.23. The van der Waals surface area contributed by atoms with E-state index in [1.807, 2.05) is 30.4 Å². The van der Waals surface area contributed by atoms with Gasteiger partial charge < -0.3 is 0 Å². The first-order valence-electron chi connectivity index (χ1n) is 4.82. The Bertz CT molecular complexity index is 595. The molecular formula is C11H8N4S. The van der Waals surface area contributed by atoms with Crippen LogP contribution in [0.15, 0.2) is 36.7 Å². The van der Waals surface area contributed by atoms with Crippen molar-refractivity contribution in [2.45, 2.75) is 0 Å². The maximum atomic E-state index is 4.31. The summed E-state index contributed by atoms with van der Waals surface area (Å²) in [5.74, 6) is 0. The zero-order valence-corrected chi connectivity index (χ0v) is 9.13. The normalized spacial score (nSPS) is 11.5. The highest BCUT2D eigenvalue weighted by molar-refractivity contribution is 7.17. The summed E-state index contributed by atoms with van der Waals surface area (Å²) >= 11 is 1.51. The Balaban J connectivity index is 1.90. The van der Waals surface area contributed by atoms with Crippen LogP contribution in [-0.4, -0.2) is 19.8 Å². The molecule has 0 unspecified atom stereocenters. The minimum absolute atomic E-state index is 0.813. The molecule has 2 heterocycles. The lowest BCUT2D eigenvalue weighted by Gasteiger charge is -1.88. The van der Waals surface area contributed by atoms with Crippen LogP contribution in [0.3, 0.4) is 0 Å². The van der Waals surface area contributed by atoms with Crippen molar-refractivity contribution >= 4 is 28.4 Å². The van der Waals surface area contributed by atoms with Crippen LogP contribution in [0.4, 0.5) is 0 Å². The number of benzene rings is 1. The second-order valence-electron chi connectivity index (χ2n) is 3.24. The van der Waals surface area contributed by atoms with Gasteiger partial charge in [-0.2, -0.15) is 9.61 Å². The minimum atomic E-state index is 0.813. The Morgan fingerprint density at radius 2 is 2.00 bits per heavy atom. The molecule has 1 aromatic carbocycles. The van der Waals surface area contributed by atoms with Crippen LogP contribution in [-0.2, 0) is 0 Å². The Morgan fingerprint density at radius 3 is 2.81 bits per heavy atom. The summed E-state index contributed by atoms with van der Waals surface area (Å²) in [5, 5.41) is 12.9. The monoisotopic (exact) mass is 228 g/mol. The molecule has 16 heavy (non-hydrogen) atoms. The molecule has 3 rings (SSSR count). The van der Waals surface area contributed by atoms with Crippen LogP contribution >= 0.6 is 11.3 Å². The number of nitrogens with zero attached hydrogens (tertiary/aromatic N) is 4. The third-order valence-electron chi connectivity index (χ3n) is 2.12. The molecule has 78 valence electrons. The summed E-state index contributed by atoms with van der Waals surface area (Å²) in [5.41, 5.74) is 1.16. The smallest absolute Gasteiger partial charge is 0.190 e. The van der Waals surface area contributed by atoms with Crippen molar-refractivity contribution < 1.29 is 0 Å². The van der Waals surface area contributed by atoms with Gasteiger partial charge in [0, 0.05) is 0 Å². The summed E-state index contributed by atoms with van der Waals surface area (Å²) in [6, 6.07) is 10.1. The molecule has 0 N–H and O–H groups in total. The van der Waals surface area contributed by atoms with Crippen LogP contribution < -0.4 is 0 Å². The van der Waals surface area contributed by atoms with Gasteiger partial charge in [-0.3, -0.25) is 0 Å². The molecule has 4 nitrogen and oxygen atoms in total. The molecule has 5 heteroatoms. The van der Waals surface area contributed by atoms with E-state index >= 15 is 0 Å². The molecule has 0 saturated carbocycles. The fourth-order valence-electron chi connectivity index (χ4n) is 1.37. The van der Waals surface area contributed by atoms with Crippen molar-refractivity contribution in [3.63, 3.8) is 0 Å². The first-order valence-corrected chi connectivity index (χ1v) is 5.63. The fourth-order valence-corrected chi connectivity index (χ4v) is 2.10. The summed E-state index contributed by atoms with van der Waals surface area (Å²) in [7, 11) is 0. The van der Waals surface area contributed by atoms with Gasteiger partial charge in [-0.1, -0.05) is 47.7 Å². The predicted octanol–water partition coefficient (Wildman–Crippen LogP) is 2.36. The van der Waals surface area contributed by atoms with Gasteiger partial charge in [-0.05, 0) is 11.6 Å². The van der Waals surface area contributed by atoms with Crippen molar-refractivity contribution in [3.8, 4) is 0 Å². The van der Waals surface area contributed by atoms with E-state index in [-0.39, 0.29) is 0 Å². The lowest BCUT2D eigenvalue weighted by atomic mass is 10.2. The Morgan fingerprint density at radius 1 is 1.12 bits per heavy atom. The van der Waals surface area contributed by atoms with Gasteiger partial charge in [-0.25, -0.2) is 0 Å². The number of rotatable bonds is 2. The average Bonchev–Trinajstić information content (AvgIpc) is 2.88. The summed E-state index contributed by atoms with van der Waals surface area (Å²) in [6.07, 6.45) is 5.62. The van der Waals surface area contributed by atoms with Gasteiger partial charge in [0.15, 0.2) is 0 Å². The molecule has 0 radical (unpaired) electrons. The largest absolute Gasteiger partial charge is 0.234 e. The van der Waals surface area contributed by atoms with Crippen molar-refractivity contribution in [1.29, 1.82) is 0 Å². The number of aromatic nitrogens is 4. The topological polar surface area (TPSA) is 43.1 Å². The molecular weight excluding hydrogens is 220 g/mol. The van der Waals surface area contributed by atoms with Crippen LogP contribution in [0.5, 0.6) is 0 Å². The first kappa shape index (κ1) is 9.23. The third-order valence-corrected chi connectivity index (χ3v) is 3.00. The van der Waals surface area contributed by atoms with Crippen molar-refractivity contribution in [1.82, 2.24) is 19.8 Å². The molecule has 0 spiro atoms. The van der Waals surface area contributed by atoms with E-state index in [1.165, 1.54) is 11.3 Å². The molecule has 0 bridgehead atoms. The van der Waals surface area contributed by atoms with Crippen molar-refractivity contribution in [3.05, 3.63) is 47.2 Å². The lowest BCUT2D eigenvalue weighted by Crippen LogP contribution is -1.79. The zero-order valence-electron chi connectivity index (χ0n) is 8.32. The zero-order chi connectivity index (χ0) is 10.8. The van der Waals surface area contributed by atoms with Crippen LogP contribution in [0.1, 0.15) is 10.6 Å².